The van der Waals surface area contributed by atoms with E-state index < -0.39 is 5.60 Å². The number of rotatable bonds is 4. The molecule has 3 nitrogen and oxygen atoms in total. The van der Waals surface area contributed by atoms with Crippen LogP contribution in [0.3, 0.4) is 0 Å². The first-order chi connectivity index (χ1) is 6.16. The third-order valence-electron chi connectivity index (χ3n) is 2.47. The van der Waals surface area contributed by atoms with Gasteiger partial charge in [0.1, 0.15) is 0 Å². The van der Waals surface area contributed by atoms with Crippen molar-refractivity contribution in [1.29, 1.82) is 0 Å². The van der Waals surface area contributed by atoms with Crippen molar-refractivity contribution in [2.75, 3.05) is 39.1 Å². The van der Waals surface area contributed by atoms with Gasteiger partial charge in [0, 0.05) is 44.9 Å². The maximum absolute atomic E-state index is 10.1. The van der Waals surface area contributed by atoms with E-state index >= 15 is 0 Å². The van der Waals surface area contributed by atoms with Crippen LogP contribution in [0.5, 0.6) is 0 Å². The number of nitrogens with zero attached hydrogens (tertiary/aromatic N) is 1. The quantitative estimate of drug-likeness (QED) is 0.651. The van der Waals surface area contributed by atoms with Gasteiger partial charge in [0.15, 0.2) is 0 Å². The third kappa shape index (κ3) is 3.85. The first kappa shape index (κ1) is 11.3. The van der Waals surface area contributed by atoms with E-state index in [2.05, 4.69) is 17.5 Å². The van der Waals surface area contributed by atoms with Crippen LogP contribution in [0.15, 0.2) is 0 Å². The minimum Gasteiger partial charge on any atom is -0.388 e. The molecule has 78 valence electrons. The molecule has 13 heavy (non-hydrogen) atoms. The highest BCUT2D eigenvalue weighted by molar-refractivity contribution is 7.80. The van der Waals surface area contributed by atoms with Crippen molar-refractivity contribution in [3.8, 4) is 0 Å². The van der Waals surface area contributed by atoms with E-state index in [0.29, 0.717) is 13.2 Å². The lowest BCUT2D eigenvalue weighted by atomic mass is 9.94. The molecule has 0 aliphatic carbocycles. The summed E-state index contributed by atoms with van der Waals surface area (Å²) >= 11 is 4.16. The molecule has 0 unspecified atom stereocenters. The lowest BCUT2D eigenvalue weighted by Gasteiger charge is -2.35. The third-order valence-corrected chi connectivity index (χ3v) is 2.67. The van der Waals surface area contributed by atoms with E-state index in [4.69, 9.17) is 4.74 Å². The van der Waals surface area contributed by atoms with Crippen LogP contribution in [0, 0.1) is 0 Å². The second-order valence-corrected chi connectivity index (χ2v) is 4.25. The number of thiol groups is 1. The van der Waals surface area contributed by atoms with Gasteiger partial charge in [-0.25, -0.2) is 0 Å². The fraction of sp³-hybridized carbons (Fsp3) is 1.00. The van der Waals surface area contributed by atoms with Crippen LogP contribution < -0.4 is 0 Å². The van der Waals surface area contributed by atoms with Gasteiger partial charge >= 0.3 is 0 Å². The van der Waals surface area contributed by atoms with E-state index in [-0.39, 0.29) is 0 Å². The van der Waals surface area contributed by atoms with Crippen molar-refractivity contribution < 1.29 is 9.84 Å². The summed E-state index contributed by atoms with van der Waals surface area (Å²) in [5.41, 5.74) is -0.532. The summed E-state index contributed by atoms with van der Waals surface area (Å²) in [6.45, 7) is 3.03. The summed E-state index contributed by atoms with van der Waals surface area (Å²) in [6, 6.07) is 0. The summed E-state index contributed by atoms with van der Waals surface area (Å²) in [5, 5.41) is 10.1. The molecular formula is C9H19NO2S. The van der Waals surface area contributed by atoms with Gasteiger partial charge in [-0.15, -0.1) is 0 Å². The van der Waals surface area contributed by atoms with Gasteiger partial charge in [-0.3, -0.25) is 0 Å². The first-order valence-electron chi connectivity index (χ1n) is 4.76. The fourth-order valence-electron chi connectivity index (χ4n) is 1.66. The minimum absolute atomic E-state index is 0.532. The van der Waals surface area contributed by atoms with Crippen molar-refractivity contribution in [1.82, 2.24) is 4.90 Å². The van der Waals surface area contributed by atoms with Gasteiger partial charge < -0.3 is 14.7 Å². The van der Waals surface area contributed by atoms with E-state index in [1.165, 1.54) is 0 Å². The lowest BCUT2D eigenvalue weighted by Crippen LogP contribution is -2.46. The van der Waals surface area contributed by atoms with Gasteiger partial charge in [-0.1, -0.05) is 0 Å². The minimum atomic E-state index is -0.532. The Balaban J connectivity index is 2.31. The van der Waals surface area contributed by atoms with Crippen LogP contribution in [0.2, 0.25) is 0 Å². The Kier molecular flexibility index (Phi) is 4.52. The van der Waals surface area contributed by atoms with E-state index in [1.54, 1.807) is 0 Å². The normalized spacial score (nSPS) is 22.2. The Morgan fingerprint density at radius 1 is 1.46 bits per heavy atom. The first-order valence-corrected chi connectivity index (χ1v) is 5.39. The van der Waals surface area contributed by atoms with Crippen molar-refractivity contribution in [3.63, 3.8) is 0 Å². The van der Waals surface area contributed by atoms with Gasteiger partial charge in [-0.2, -0.15) is 12.6 Å². The molecule has 0 spiro atoms. The van der Waals surface area contributed by atoms with Crippen LogP contribution in [-0.2, 0) is 4.74 Å². The standard InChI is InChI=1S/C9H19NO2S/c1-10(4-7-13)8-9(11)2-5-12-6-3-9/h11,13H,2-8H2,1H3. The highest BCUT2D eigenvalue weighted by atomic mass is 32.1. The van der Waals surface area contributed by atoms with Crippen molar-refractivity contribution in [3.05, 3.63) is 0 Å². The van der Waals surface area contributed by atoms with E-state index in [0.717, 1.165) is 31.7 Å². The molecule has 0 aromatic rings. The molecule has 0 atom stereocenters. The molecule has 0 radical (unpaired) electrons. The highest BCUT2D eigenvalue weighted by Crippen LogP contribution is 2.20. The summed E-state index contributed by atoms with van der Waals surface area (Å²) in [4.78, 5) is 2.12. The van der Waals surface area contributed by atoms with E-state index in [1.807, 2.05) is 7.05 Å². The average Bonchev–Trinajstić information content (AvgIpc) is 2.04. The number of aliphatic hydroxyl groups is 1. The summed E-state index contributed by atoms with van der Waals surface area (Å²) in [5.74, 6) is 0.836. The summed E-state index contributed by atoms with van der Waals surface area (Å²) in [6.07, 6.45) is 1.51. The molecular weight excluding hydrogens is 186 g/mol. The number of likely N-dealkylation sites (N-methyl/N-ethyl adjacent to an activating group) is 1. The number of ether oxygens (including phenoxy) is 1. The van der Waals surface area contributed by atoms with Crippen molar-refractivity contribution in [2.24, 2.45) is 0 Å². The Morgan fingerprint density at radius 2 is 2.08 bits per heavy atom. The van der Waals surface area contributed by atoms with Crippen LogP contribution in [0.25, 0.3) is 0 Å². The molecule has 0 aromatic heterocycles. The maximum Gasteiger partial charge on any atom is 0.0817 e. The zero-order valence-electron chi connectivity index (χ0n) is 8.20. The SMILES string of the molecule is CN(CCS)CC1(O)CCOCC1. The van der Waals surface area contributed by atoms with Gasteiger partial charge in [0.2, 0.25) is 0 Å². The Labute approximate surface area is 85.5 Å². The molecule has 1 N–H and O–H groups in total. The average molecular weight is 205 g/mol. The fourth-order valence-corrected chi connectivity index (χ4v) is 2.00. The zero-order chi connectivity index (χ0) is 9.73. The van der Waals surface area contributed by atoms with Gasteiger partial charge in [0.05, 0.1) is 5.60 Å². The van der Waals surface area contributed by atoms with Gasteiger partial charge in [0.25, 0.3) is 0 Å². The predicted molar refractivity (Wildman–Crippen MR) is 56.4 cm³/mol. The molecule has 1 saturated heterocycles. The van der Waals surface area contributed by atoms with Gasteiger partial charge in [-0.05, 0) is 7.05 Å². The van der Waals surface area contributed by atoms with Crippen molar-refractivity contribution in [2.45, 2.75) is 18.4 Å². The topological polar surface area (TPSA) is 32.7 Å². The monoisotopic (exact) mass is 205 g/mol. The number of hydrogen-bond donors (Lipinski definition) is 2. The lowest BCUT2D eigenvalue weighted by molar-refractivity contribution is -0.0761. The van der Waals surface area contributed by atoms with Crippen LogP contribution >= 0.6 is 12.6 Å². The Morgan fingerprint density at radius 3 is 2.62 bits per heavy atom. The second kappa shape index (κ2) is 5.20. The highest BCUT2D eigenvalue weighted by Gasteiger charge is 2.30. The second-order valence-electron chi connectivity index (χ2n) is 3.80. The molecule has 1 aliphatic rings. The van der Waals surface area contributed by atoms with E-state index in [9.17, 15) is 5.11 Å². The van der Waals surface area contributed by atoms with Crippen LogP contribution in [0.4, 0.5) is 0 Å². The largest absolute Gasteiger partial charge is 0.388 e. The smallest absolute Gasteiger partial charge is 0.0817 e. The summed E-state index contributed by atoms with van der Waals surface area (Å²) < 4.78 is 5.21. The van der Waals surface area contributed by atoms with Crippen LogP contribution in [-0.4, -0.2) is 54.7 Å². The molecule has 0 saturated carbocycles. The van der Waals surface area contributed by atoms with Crippen LogP contribution in [0.1, 0.15) is 12.8 Å². The zero-order valence-corrected chi connectivity index (χ0v) is 9.09. The molecule has 1 fully saturated rings. The molecule has 4 heteroatoms. The summed E-state index contributed by atoms with van der Waals surface area (Å²) in [7, 11) is 2.02. The Bertz CT molecular complexity index is 149. The maximum atomic E-state index is 10.1. The number of hydrogen-bond acceptors (Lipinski definition) is 4. The molecule has 1 rings (SSSR count). The molecule has 1 heterocycles. The predicted octanol–water partition coefficient (Wildman–Crippen LogP) is 0.389. The molecule has 0 bridgehead atoms. The van der Waals surface area contributed by atoms with Crippen molar-refractivity contribution >= 4 is 12.6 Å². The molecule has 1 aliphatic heterocycles. The molecule has 0 amide bonds. The Hall–Kier alpha value is 0.230. The molecule has 0 aromatic carbocycles.